The SMILES string of the molecule is CCCCCCn1nc(O)c2[nH]c3cc(Cl)ccc3c(=O)c2c1=O. The summed E-state index contributed by atoms with van der Waals surface area (Å²) in [6.45, 7) is 2.48. The Morgan fingerprint density at radius 2 is 2.04 bits per heavy atom. The highest BCUT2D eigenvalue weighted by Crippen LogP contribution is 2.21. The van der Waals surface area contributed by atoms with Crippen molar-refractivity contribution in [2.45, 2.75) is 39.2 Å². The molecule has 2 heterocycles. The highest BCUT2D eigenvalue weighted by atomic mass is 35.5. The van der Waals surface area contributed by atoms with Crippen molar-refractivity contribution in [1.29, 1.82) is 0 Å². The fourth-order valence-electron chi connectivity index (χ4n) is 2.81. The minimum absolute atomic E-state index is 0.0459. The molecule has 0 saturated heterocycles. The van der Waals surface area contributed by atoms with Crippen molar-refractivity contribution in [2.24, 2.45) is 0 Å². The Labute approximate surface area is 142 Å². The summed E-state index contributed by atoms with van der Waals surface area (Å²) in [6.07, 6.45) is 3.89. The number of pyridine rings is 1. The smallest absolute Gasteiger partial charge is 0.280 e. The number of hydrogen-bond donors (Lipinski definition) is 2. The van der Waals surface area contributed by atoms with Gasteiger partial charge in [0.25, 0.3) is 11.4 Å². The number of nitrogens with zero attached hydrogens (tertiary/aromatic N) is 2. The van der Waals surface area contributed by atoms with Gasteiger partial charge in [0.15, 0.2) is 0 Å². The van der Waals surface area contributed by atoms with Gasteiger partial charge in [0, 0.05) is 17.0 Å². The van der Waals surface area contributed by atoms with E-state index in [0.717, 1.165) is 25.7 Å². The number of nitrogens with one attached hydrogen (secondary N) is 1. The first kappa shape index (κ1) is 16.5. The largest absolute Gasteiger partial charge is 0.491 e. The molecule has 0 aliphatic heterocycles. The molecule has 2 N–H and O–H groups in total. The molecule has 0 unspecified atom stereocenters. The van der Waals surface area contributed by atoms with Crippen LogP contribution in [0.1, 0.15) is 32.6 Å². The van der Waals surface area contributed by atoms with Gasteiger partial charge in [-0.25, -0.2) is 4.68 Å². The van der Waals surface area contributed by atoms with E-state index in [0.29, 0.717) is 22.5 Å². The number of unbranched alkanes of at least 4 members (excludes halogenated alkanes) is 3. The van der Waals surface area contributed by atoms with Gasteiger partial charge in [0.1, 0.15) is 10.9 Å². The van der Waals surface area contributed by atoms with Crippen LogP contribution in [0.15, 0.2) is 27.8 Å². The first-order valence-corrected chi connectivity index (χ1v) is 8.36. The van der Waals surface area contributed by atoms with Crippen LogP contribution in [0.5, 0.6) is 5.88 Å². The molecule has 0 atom stereocenters. The van der Waals surface area contributed by atoms with Crippen molar-refractivity contribution in [1.82, 2.24) is 14.8 Å². The molecular weight excluding hydrogens is 330 g/mol. The van der Waals surface area contributed by atoms with E-state index in [1.165, 1.54) is 4.68 Å². The van der Waals surface area contributed by atoms with Gasteiger partial charge in [-0.05, 0) is 24.6 Å². The second kappa shape index (κ2) is 6.65. The first-order chi connectivity index (χ1) is 11.5. The quantitative estimate of drug-likeness (QED) is 0.548. The topological polar surface area (TPSA) is 88.0 Å². The van der Waals surface area contributed by atoms with Gasteiger partial charge < -0.3 is 10.1 Å². The summed E-state index contributed by atoms with van der Waals surface area (Å²) in [4.78, 5) is 28.2. The summed E-state index contributed by atoms with van der Waals surface area (Å²) in [6, 6.07) is 4.74. The molecule has 2 aromatic heterocycles. The summed E-state index contributed by atoms with van der Waals surface area (Å²) in [7, 11) is 0. The second-order valence-electron chi connectivity index (χ2n) is 5.81. The molecule has 0 spiro atoms. The average molecular weight is 348 g/mol. The number of H-pyrrole nitrogens is 1. The molecule has 0 amide bonds. The molecule has 7 heteroatoms. The predicted molar refractivity (Wildman–Crippen MR) is 94.9 cm³/mol. The summed E-state index contributed by atoms with van der Waals surface area (Å²) < 4.78 is 1.17. The normalized spacial score (nSPS) is 11.4. The van der Waals surface area contributed by atoms with Gasteiger partial charge in [-0.2, -0.15) is 0 Å². The number of aromatic amines is 1. The van der Waals surface area contributed by atoms with Crippen LogP contribution in [0.4, 0.5) is 0 Å². The highest BCUT2D eigenvalue weighted by molar-refractivity contribution is 6.31. The highest BCUT2D eigenvalue weighted by Gasteiger charge is 2.16. The zero-order chi connectivity index (χ0) is 17.3. The number of hydrogen-bond acceptors (Lipinski definition) is 4. The zero-order valence-electron chi connectivity index (χ0n) is 13.3. The zero-order valence-corrected chi connectivity index (χ0v) is 14.1. The molecular formula is C17H18ClN3O3. The Morgan fingerprint density at radius 1 is 1.25 bits per heavy atom. The van der Waals surface area contributed by atoms with Crippen LogP contribution in [0.3, 0.4) is 0 Å². The molecule has 0 saturated carbocycles. The number of halogens is 1. The number of aromatic nitrogens is 3. The Kier molecular flexibility index (Phi) is 4.57. The summed E-state index contributed by atoms with van der Waals surface area (Å²) in [5, 5.41) is 14.8. The molecule has 0 radical (unpaired) electrons. The van der Waals surface area contributed by atoms with E-state index in [-0.39, 0.29) is 16.8 Å². The molecule has 0 aliphatic carbocycles. The molecule has 3 aromatic rings. The van der Waals surface area contributed by atoms with Crippen molar-refractivity contribution in [3.63, 3.8) is 0 Å². The van der Waals surface area contributed by atoms with Crippen LogP contribution in [-0.2, 0) is 6.54 Å². The number of aromatic hydroxyl groups is 1. The van der Waals surface area contributed by atoms with Crippen LogP contribution in [0.25, 0.3) is 21.8 Å². The first-order valence-electron chi connectivity index (χ1n) is 7.98. The maximum Gasteiger partial charge on any atom is 0.280 e. The van der Waals surface area contributed by atoms with Gasteiger partial charge in [0.2, 0.25) is 5.43 Å². The Bertz CT molecular complexity index is 1020. The van der Waals surface area contributed by atoms with Crippen LogP contribution in [0, 0.1) is 0 Å². The molecule has 126 valence electrons. The predicted octanol–water partition coefficient (Wildman–Crippen LogP) is 3.18. The summed E-state index contributed by atoms with van der Waals surface area (Å²) >= 11 is 5.94. The lowest BCUT2D eigenvalue weighted by atomic mass is 10.1. The van der Waals surface area contributed by atoms with Gasteiger partial charge >= 0.3 is 0 Å². The van der Waals surface area contributed by atoms with E-state index in [9.17, 15) is 14.7 Å². The van der Waals surface area contributed by atoms with Crippen LogP contribution in [0.2, 0.25) is 5.02 Å². The third kappa shape index (κ3) is 2.89. The minimum atomic E-state index is -0.489. The molecule has 1 aromatic carbocycles. The van der Waals surface area contributed by atoms with E-state index >= 15 is 0 Å². The van der Waals surface area contributed by atoms with E-state index in [4.69, 9.17) is 11.6 Å². The third-order valence-corrected chi connectivity index (χ3v) is 4.31. The van der Waals surface area contributed by atoms with Crippen molar-refractivity contribution in [2.75, 3.05) is 0 Å². The number of fused-ring (bicyclic) bond motifs is 2. The van der Waals surface area contributed by atoms with E-state index < -0.39 is 11.0 Å². The molecule has 3 rings (SSSR count). The van der Waals surface area contributed by atoms with Crippen molar-refractivity contribution >= 4 is 33.4 Å². The second-order valence-corrected chi connectivity index (χ2v) is 6.24. The van der Waals surface area contributed by atoms with Crippen LogP contribution < -0.4 is 11.0 Å². The summed E-state index contributed by atoms with van der Waals surface area (Å²) in [5.41, 5.74) is -0.417. The van der Waals surface area contributed by atoms with Gasteiger partial charge in [-0.15, -0.1) is 5.10 Å². The van der Waals surface area contributed by atoms with Gasteiger partial charge in [-0.1, -0.05) is 37.8 Å². The third-order valence-electron chi connectivity index (χ3n) is 4.07. The minimum Gasteiger partial charge on any atom is -0.491 e. The van der Waals surface area contributed by atoms with Gasteiger partial charge in [0.05, 0.1) is 5.52 Å². The molecule has 0 aliphatic rings. The monoisotopic (exact) mass is 347 g/mol. The molecule has 0 fully saturated rings. The summed E-state index contributed by atoms with van der Waals surface area (Å²) in [5.74, 6) is -0.362. The lowest BCUT2D eigenvalue weighted by molar-refractivity contribution is 0.418. The van der Waals surface area contributed by atoms with Crippen LogP contribution >= 0.6 is 11.6 Å². The average Bonchev–Trinajstić information content (AvgIpc) is 2.55. The Morgan fingerprint density at radius 3 is 2.79 bits per heavy atom. The molecule has 6 nitrogen and oxygen atoms in total. The lowest BCUT2D eigenvalue weighted by Crippen LogP contribution is -2.27. The Hall–Kier alpha value is -2.34. The van der Waals surface area contributed by atoms with E-state index in [2.05, 4.69) is 17.0 Å². The van der Waals surface area contributed by atoms with Crippen LogP contribution in [-0.4, -0.2) is 19.9 Å². The van der Waals surface area contributed by atoms with Crippen molar-refractivity contribution in [3.05, 3.63) is 43.8 Å². The number of aryl methyl sites for hydroxylation is 1. The molecule has 24 heavy (non-hydrogen) atoms. The molecule has 0 bridgehead atoms. The van der Waals surface area contributed by atoms with E-state index in [1.54, 1.807) is 18.2 Å². The lowest BCUT2D eigenvalue weighted by Gasteiger charge is -2.08. The standard InChI is InChI=1S/C17H18ClN3O3/c1-2-3-4-5-8-21-17(24)13-14(16(23)20-21)19-12-9-10(18)6-7-11(12)15(13)22/h6-7,9H,2-5,8H2,1H3,(H,19,22)(H,20,23). The van der Waals surface area contributed by atoms with Crippen molar-refractivity contribution in [3.8, 4) is 5.88 Å². The fraction of sp³-hybridized carbons (Fsp3) is 0.353. The van der Waals surface area contributed by atoms with Gasteiger partial charge in [-0.3, -0.25) is 9.59 Å². The fourth-order valence-corrected chi connectivity index (χ4v) is 2.99. The van der Waals surface area contributed by atoms with Crippen molar-refractivity contribution < 1.29 is 5.11 Å². The Balaban J connectivity index is 2.19. The van der Waals surface area contributed by atoms with E-state index in [1.807, 2.05) is 0 Å². The maximum atomic E-state index is 12.7. The number of benzene rings is 1. The maximum absolute atomic E-state index is 12.7. The number of rotatable bonds is 5.